The molecule has 0 fully saturated rings. The van der Waals surface area contributed by atoms with Crippen LogP contribution in [-0.4, -0.2) is 0 Å². The second-order valence-corrected chi connectivity index (χ2v) is 8.82. The Bertz CT molecular complexity index is 1360. The molecule has 0 N–H and O–H groups in total. The summed E-state index contributed by atoms with van der Waals surface area (Å²) in [7, 11) is 0. The average Bonchev–Trinajstić information content (AvgIpc) is 3.22. The number of hydrogen-bond acceptors (Lipinski definition) is 1. The van der Waals surface area contributed by atoms with Crippen LogP contribution in [0.15, 0.2) is 60.2 Å². The Morgan fingerprint density at radius 2 is 1.68 bits per heavy atom. The number of aryl methyl sites for hydroxylation is 1. The zero-order valence-electron chi connectivity index (χ0n) is 16.9. The highest BCUT2D eigenvalue weighted by atomic mass is 32.1. The second-order valence-electron chi connectivity index (χ2n) is 7.77. The van der Waals surface area contributed by atoms with E-state index in [0.717, 1.165) is 6.42 Å². The fourth-order valence-electron chi connectivity index (χ4n) is 4.79. The second kappa shape index (κ2) is 6.46. The predicted molar refractivity (Wildman–Crippen MR) is 127 cm³/mol. The molecule has 0 amide bonds. The van der Waals surface area contributed by atoms with Crippen LogP contribution < -0.4 is 0 Å². The summed E-state index contributed by atoms with van der Waals surface area (Å²) in [5.41, 5.74) is 8.51. The molecule has 0 aliphatic heterocycles. The van der Waals surface area contributed by atoms with Crippen molar-refractivity contribution in [1.82, 2.24) is 0 Å². The lowest BCUT2D eigenvalue weighted by Crippen LogP contribution is -1.91. The summed E-state index contributed by atoms with van der Waals surface area (Å²) in [6, 6.07) is 13.8. The van der Waals surface area contributed by atoms with Crippen molar-refractivity contribution in [1.29, 1.82) is 0 Å². The summed E-state index contributed by atoms with van der Waals surface area (Å²) >= 11 is 1.94. The number of allylic oxidation sites excluding steroid dienone is 5. The van der Waals surface area contributed by atoms with Gasteiger partial charge in [0.25, 0.3) is 0 Å². The van der Waals surface area contributed by atoms with Gasteiger partial charge in [0.1, 0.15) is 0 Å². The minimum absolute atomic E-state index is 1.06. The van der Waals surface area contributed by atoms with Crippen LogP contribution in [0.5, 0.6) is 0 Å². The van der Waals surface area contributed by atoms with Crippen molar-refractivity contribution in [3.63, 3.8) is 0 Å². The average molecular weight is 381 g/mol. The third-order valence-corrected chi connectivity index (χ3v) is 7.23. The lowest BCUT2D eigenvalue weighted by molar-refractivity contribution is 1.20. The molecule has 0 saturated heterocycles. The molecule has 0 spiro atoms. The highest BCUT2D eigenvalue weighted by Crippen LogP contribution is 2.45. The van der Waals surface area contributed by atoms with E-state index < -0.39 is 0 Å². The van der Waals surface area contributed by atoms with E-state index in [1.54, 1.807) is 0 Å². The molecule has 138 valence electrons. The van der Waals surface area contributed by atoms with Gasteiger partial charge in [-0.1, -0.05) is 48.1 Å². The zero-order chi connectivity index (χ0) is 19.4. The van der Waals surface area contributed by atoms with Gasteiger partial charge in [-0.25, -0.2) is 0 Å². The Kier molecular flexibility index (Phi) is 4.03. The van der Waals surface area contributed by atoms with E-state index in [2.05, 4.69) is 88.4 Å². The molecule has 5 rings (SSSR count). The SMILES string of the molecule is C/C=C\C1=C(C)Cc2cc3c(cc21)c(/C=C\C)c(C)c1c2ccccc2sc31. The molecular weight excluding hydrogens is 356 g/mol. The standard InChI is InChI=1S/C27H24S/c1-5-9-19-16(3)13-18-14-24-23(15-22(18)19)20(10-6-2)17(4)26-21-11-7-8-12-25(21)28-27(24)26/h5-12,14-15H,13H2,1-4H3/b9-5-,10-6-. The van der Waals surface area contributed by atoms with E-state index in [1.165, 1.54) is 64.3 Å². The van der Waals surface area contributed by atoms with Crippen LogP contribution in [0.3, 0.4) is 0 Å². The van der Waals surface area contributed by atoms with E-state index in [-0.39, 0.29) is 0 Å². The van der Waals surface area contributed by atoms with E-state index in [4.69, 9.17) is 0 Å². The molecule has 0 unspecified atom stereocenters. The molecule has 0 radical (unpaired) electrons. The van der Waals surface area contributed by atoms with Gasteiger partial charge in [0, 0.05) is 25.6 Å². The third-order valence-electron chi connectivity index (χ3n) is 6.02. The normalized spacial score (nSPS) is 14.6. The Hall–Kier alpha value is -2.64. The van der Waals surface area contributed by atoms with Gasteiger partial charge >= 0.3 is 0 Å². The molecule has 3 aromatic carbocycles. The van der Waals surface area contributed by atoms with E-state index in [0.29, 0.717) is 0 Å². The number of rotatable bonds is 2. The van der Waals surface area contributed by atoms with Crippen molar-refractivity contribution in [2.24, 2.45) is 0 Å². The molecule has 1 heteroatoms. The van der Waals surface area contributed by atoms with Crippen molar-refractivity contribution in [2.45, 2.75) is 34.1 Å². The van der Waals surface area contributed by atoms with Gasteiger partial charge in [0.05, 0.1) is 0 Å². The largest absolute Gasteiger partial charge is 0.135 e. The molecule has 4 aromatic rings. The van der Waals surface area contributed by atoms with Gasteiger partial charge in [-0.05, 0) is 85.5 Å². The minimum Gasteiger partial charge on any atom is -0.135 e. The lowest BCUT2D eigenvalue weighted by Gasteiger charge is -2.13. The van der Waals surface area contributed by atoms with Crippen LogP contribution in [-0.2, 0) is 6.42 Å². The van der Waals surface area contributed by atoms with Crippen LogP contribution in [0.1, 0.15) is 43.0 Å². The minimum atomic E-state index is 1.06. The predicted octanol–water partition coefficient (Wildman–Crippen LogP) is 8.45. The maximum Gasteiger partial charge on any atom is 0.0437 e. The van der Waals surface area contributed by atoms with Gasteiger partial charge in [-0.2, -0.15) is 0 Å². The Labute approximate surface area is 170 Å². The quantitative estimate of drug-likeness (QED) is 0.327. The van der Waals surface area contributed by atoms with Gasteiger partial charge < -0.3 is 0 Å². The Morgan fingerprint density at radius 1 is 0.893 bits per heavy atom. The highest BCUT2D eigenvalue weighted by molar-refractivity contribution is 7.26. The van der Waals surface area contributed by atoms with E-state index in [9.17, 15) is 0 Å². The molecule has 0 saturated carbocycles. The van der Waals surface area contributed by atoms with E-state index in [1.807, 2.05) is 11.3 Å². The summed E-state index contributed by atoms with van der Waals surface area (Å²) in [5, 5.41) is 5.60. The fraction of sp³-hybridized carbons (Fsp3) is 0.185. The molecule has 1 aromatic heterocycles. The van der Waals surface area contributed by atoms with Crippen LogP contribution in [0.25, 0.3) is 42.6 Å². The molecule has 28 heavy (non-hydrogen) atoms. The highest BCUT2D eigenvalue weighted by Gasteiger charge is 2.21. The summed E-state index contributed by atoms with van der Waals surface area (Å²) in [5.74, 6) is 0. The van der Waals surface area contributed by atoms with Crippen LogP contribution in [0.4, 0.5) is 0 Å². The zero-order valence-corrected chi connectivity index (χ0v) is 17.7. The number of hydrogen-bond donors (Lipinski definition) is 0. The molecule has 0 bridgehead atoms. The smallest absolute Gasteiger partial charge is 0.0437 e. The topological polar surface area (TPSA) is 0 Å². The Balaban J connectivity index is 1.98. The molecule has 1 heterocycles. The summed E-state index contributed by atoms with van der Waals surface area (Å²) < 4.78 is 2.81. The van der Waals surface area contributed by atoms with Gasteiger partial charge in [0.15, 0.2) is 0 Å². The van der Waals surface area contributed by atoms with Crippen molar-refractivity contribution < 1.29 is 0 Å². The third kappa shape index (κ3) is 2.36. The monoisotopic (exact) mass is 380 g/mol. The van der Waals surface area contributed by atoms with Crippen molar-refractivity contribution in [3.05, 3.63) is 82.5 Å². The maximum absolute atomic E-state index is 2.47. The first-order chi connectivity index (χ1) is 13.6. The molecular formula is C27H24S. The molecule has 1 aliphatic rings. The van der Waals surface area contributed by atoms with Crippen LogP contribution >= 0.6 is 11.3 Å². The lowest BCUT2D eigenvalue weighted by atomic mass is 9.91. The first-order valence-electron chi connectivity index (χ1n) is 10.00. The number of benzene rings is 3. The van der Waals surface area contributed by atoms with Crippen LogP contribution in [0, 0.1) is 6.92 Å². The van der Waals surface area contributed by atoms with E-state index >= 15 is 0 Å². The van der Waals surface area contributed by atoms with Crippen molar-refractivity contribution in [2.75, 3.05) is 0 Å². The summed E-state index contributed by atoms with van der Waals surface area (Å²) in [4.78, 5) is 0. The molecule has 0 atom stereocenters. The number of thiophene rings is 1. The van der Waals surface area contributed by atoms with Gasteiger partial charge in [0.2, 0.25) is 0 Å². The van der Waals surface area contributed by atoms with Gasteiger partial charge in [-0.3, -0.25) is 0 Å². The molecule has 0 nitrogen and oxygen atoms in total. The number of fused-ring (bicyclic) bond motifs is 6. The van der Waals surface area contributed by atoms with Crippen molar-refractivity contribution in [3.8, 4) is 0 Å². The Morgan fingerprint density at radius 3 is 2.46 bits per heavy atom. The van der Waals surface area contributed by atoms with Gasteiger partial charge in [-0.15, -0.1) is 11.3 Å². The fourth-order valence-corrected chi connectivity index (χ4v) is 6.08. The van der Waals surface area contributed by atoms with Crippen molar-refractivity contribution >= 4 is 53.9 Å². The summed E-state index contributed by atoms with van der Waals surface area (Å²) in [6.07, 6.45) is 9.95. The maximum atomic E-state index is 2.47. The molecule has 1 aliphatic carbocycles. The van der Waals surface area contributed by atoms with Crippen LogP contribution in [0.2, 0.25) is 0 Å². The first kappa shape index (κ1) is 17.5. The first-order valence-corrected chi connectivity index (χ1v) is 10.8. The summed E-state index contributed by atoms with van der Waals surface area (Å²) in [6.45, 7) is 8.78.